The van der Waals surface area contributed by atoms with Crippen LogP contribution in [0.4, 0.5) is 0 Å². The molecule has 1 heteroatoms. The van der Waals surface area contributed by atoms with Crippen molar-refractivity contribution in [2.24, 2.45) is 10.8 Å². The molecule has 0 spiro atoms. The second-order valence-electron chi connectivity index (χ2n) is 6.58. The molecule has 1 atom stereocenters. The van der Waals surface area contributed by atoms with Crippen LogP contribution >= 0.6 is 0 Å². The summed E-state index contributed by atoms with van der Waals surface area (Å²) in [6.07, 6.45) is 1.94. The molecular formula is C12H26O. The van der Waals surface area contributed by atoms with Gasteiger partial charge in [-0.05, 0) is 30.6 Å². The summed E-state index contributed by atoms with van der Waals surface area (Å²) in [6.45, 7) is 14.9. The highest BCUT2D eigenvalue weighted by molar-refractivity contribution is 4.87. The van der Waals surface area contributed by atoms with Crippen LogP contribution in [0.5, 0.6) is 0 Å². The summed E-state index contributed by atoms with van der Waals surface area (Å²) in [5.41, 5.74) is -0.270. The standard InChI is InChI=1S/C12H26O/c1-10(2,3)8-9-12(7,13)11(4,5)6/h13H,8-9H2,1-7H3. The summed E-state index contributed by atoms with van der Waals surface area (Å²) in [7, 11) is 0. The van der Waals surface area contributed by atoms with Crippen LogP contribution in [0.1, 0.15) is 61.3 Å². The molecule has 0 bridgehead atoms. The first-order valence-electron chi connectivity index (χ1n) is 5.18. The molecule has 1 unspecified atom stereocenters. The van der Waals surface area contributed by atoms with Gasteiger partial charge in [-0.15, -0.1) is 0 Å². The summed E-state index contributed by atoms with van der Waals surface area (Å²) in [5, 5.41) is 10.2. The monoisotopic (exact) mass is 186 g/mol. The molecule has 0 heterocycles. The predicted molar refractivity (Wildman–Crippen MR) is 58.8 cm³/mol. The highest BCUT2D eigenvalue weighted by atomic mass is 16.3. The van der Waals surface area contributed by atoms with Crippen LogP contribution in [-0.2, 0) is 0 Å². The van der Waals surface area contributed by atoms with Crippen molar-refractivity contribution in [2.45, 2.75) is 66.9 Å². The van der Waals surface area contributed by atoms with E-state index in [1.54, 1.807) is 0 Å². The number of hydrogen-bond donors (Lipinski definition) is 1. The Labute approximate surface area is 83.5 Å². The Balaban J connectivity index is 4.21. The lowest BCUT2D eigenvalue weighted by Crippen LogP contribution is -2.40. The molecule has 0 aliphatic carbocycles. The molecule has 0 aliphatic heterocycles. The fourth-order valence-corrected chi connectivity index (χ4v) is 0.993. The molecule has 0 aromatic heterocycles. The molecule has 0 aromatic rings. The van der Waals surface area contributed by atoms with E-state index >= 15 is 0 Å². The van der Waals surface area contributed by atoms with Gasteiger partial charge in [-0.1, -0.05) is 41.5 Å². The lowest BCUT2D eigenvalue weighted by Gasteiger charge is -2.38. The fraction of sp³-hybridized carbons (Fsp3) is 1.00. The Morgan fingerprint density at radius 1 is 0.769 bits per heavy atom. The van der Waals surface area contributed by atoms with E-state index in [2.05, 4.69) is 41.5 Å². The van der Waals surface area contributed by atoms with Gasteiger partial charge in [0.25, 0.3) is 0 Å². The van der Waals surface area contributed by atoms with Gasteiger partial charge in [-0.2, -0.15) is 0 Å². The minimum atomic E-state index is -0.555. The normalized spacial score (nSPS) is 18.5. The lowest BCUT2D eigenvalue weighted by atomic mass is 9.72. The Bertz CT molecular complexity index is 155. The molecule has 13 heavy (non-hydrogen) atoms. The predicted octanol–water partition coefficient (Wildman–Crippen LogP) is 3.61. The van der Waals surface area contributed by atoms with Crippen molar-refractivity contribution in [1.82, 2.24) is 0 Å². The summed E-state index contributed by atoms with van der Waals surface area (Å²) >= 11 is 0. The third-order valence-corrected chi connectivity index (χ3v) is 2.98. The zero-order chi connectivity index (χ0) is 10.9. The molecule has 0 rings (SSSR count). The molecular weight excluding hydrogens is 160 g/mol. The Hall–Kier alpha value is -0.0400. The molecule has 0 aromatic carbocycles. The Morgan fingerprint density at radius 2 is 1.15 bits per heavy atom. The van der Waals surface area contributed by atoms with Gasteiger partial charge in [-0.25, -0.2) is 0 Å². The minimum Gasteiger partial charge on any atom is -0.390 e. The van der Waals surface area contributed by atoms with Crippen LogP contribution in [0.2, 0.25) is 0 Å². The molecule has 0 fully saturated rings. The fourth-order valence-electron chi connectivity index (χ4n) is 0.993. The van der Waals surface area contributed by atoms with Crippen LogP contribution in [0.15, 0.2) is 0 Å². The van der Waals surface area contributed by atoms with Gasteiger partial charge in [0.15, 0.2) is 0 Å². The maximum atomic E-state index is 10.2. The van der Waals surface area contributed by atoms with Crippen molar-refractivity contribution in [2.75, 3.05) is 0 Å². The van der Waals surface area contributed by atoms with Crippen molar-refractivity contribution in [3.8, 4) is 0 Å². The van der Waals surface area contributed by atoms with E-state index in [0.717, 1.165) is 12.8 Å². The second kappa shape index (κ2) is 3.61. The maximum Gasteiger partial charge on any atom is 0.0668 e. The van der Waals surface area contributed by atoms with Crippen molar-refractivity contribution >= 4 is 0 Å². The summed E-state index contributed by atoms with van der Waals surface area (Å²) in [6, 6.07) is 0. The van der Waals surface area contributed by atoms with E-state index in [4.69, 9.17) is 0 Å². The highest BCUT2D eigenvalue weighted by Crippen LogP contribution is 2.36. The van der Waals surface area contributed by atoms with E-state index in [1.165, 1.54) is 0 Å². The zero-order valence-corrected chi connectivity index (χ0v) is 10.4. The van der Waals surface area contributed by atoms with Crippen molar-refractivity contribution < 1.29 is 5.11 Å². The molecule has 0 aliphatic rings. The molecule has 0 radical (unpaired) electrons. The number of hydrogen-bond acceptors (Lipinski definition) is 1. The van der Waals surface area contributed by atoms with Crippen LogP contribution in [-0.4, -0.2) is 10.7 Å². The van der Waals surface area contributed by atoms with Crippen LogP contribution in [0.3, 0.4) is 0 Å². The van der Waals surface area contributed by atoms with Gasteiger partial charge in [0.2, 0.25) is 0 Å². The zero-order valence-electron chi connectivity index (χ0n) is 10.4. The average Bonchev–Trinajstić information content (AvgIpc) is 1.79. The van der Waals surface area contributed by atoms with Gasteiger partial charge in [0.05, 0.1) is 5.60 Å². The first-order valence-corrected chi connectivity index (χ1v) is 5.18. The second-order valence-corrected chi connectivity index (χ2v) is 6.58. The van der Waals surface area contributed by atoms with Gasteiger partial charge < -0.3 is 5.11 Å². The van der Waals surface area contributed by atoms with Crippen LogP contribution in [0, 0.1) is 10.8 Å². The van der Waals surface area contributed by atoms with E-state index in [1.807, 2.05) is 6.92 Å². The van der Waals surface area contributed by atoms with E-state index in [-0.39, 0.29) is 5.41 Å². The topological polar surface area (TPSA) is 20.2 Å². The van der Waals surface area contributed by atoms with Crippen LogP contribution < -0.4 is 0 Å². The first-order chi connectivity index (χ1) is 5.46. The maximum absolute atomic E-state index is 10.2. The smallest absolute Gasteiger partial charge is 0.0668 e. The molecule has 0 saturated heterocycles. The molecule has 80 valence electrons. The quantitative estimate of drug-likeness (QED) is 0.698. The van der Waals surface area contributed by atoms with Gasteiger partial charge in [-0.3, -0.25) is 0 Å². The average molecular weight is 186 g/mol. The molecule has 0 saturated carbocycles. The first kappa shape index (κ1) is 13.0. The summed E-state index contributed by atoms with van der Waals surface area (Å²) < 4.78 is 0. The SMILES string of the molecule is CC(C)(C)CCC(C)(O)C(C)(C)C. The Kier molecular flexibility index (Phi) is 3.59. The van der Waals surface area contributed by atoms with Crippen molar-refractivity contribution in [1.29, 1.82) is 0 Å². The highest BCUT2D eigenvalue weighted by Gasteiger charge is 2.35. The lowest BCUT2D eigenvalue weighted by molar-refractivity contribution is -0.0546. The molecule has 1 N–H and O–H groups in total. The third-order valence-electron chi connectivity index (χ3n) is 2.98. The van der Waals surface area contributed by atoms with Crippen molar-refractivity contribution in [3.05, 3.63) is 0 Å². The van der Waals surface area contributed by atoms with E-state index in [9.17, 15) is 5.11 Å². The molecule has 1 nitrogen and oxygen atoms in total. The summed E-state index contributed by atoms with van der Waals surface area (Å²) in [4.78, 5) is 0. The largest absolute Gasteiger partial charge is 0.390 e. The Morgan fingerprint density at radius 3 is 1.38 bits per heavy atom. The third kappa shape index (κ3) is 4.66. The minimum absolute atomic E-state index is 0.0295. The van der Waals surface area contributed by atoms with Crippen molar-refractivity contribution in [3.63, 3.8) is 0 Å². The van der Waals surface area contributed by atoms with Gasteiger partial charge in [0.1, 0.15) is 0 Å². The van der Waals surface area contributed by atoms with Gasteiger partial charge in [0, 0.05) is 0 Å². The van der Waals surface area contributed by atoms with Crippen LogP contribution in [0.25, 0.3) is 0 Å². The number of rotatable bonds is 2. The van der Waals surface area contributed by atoms with Gasteiger partial charge >= 0.3 is 0 Å². The van der Waals surface area contributed by atoms with E-state index < -0.39 is 5.60 Å². The number of aliphatic hydroxyl groups is 1. The summed E-state index contributed by atoms with van der Waals surface area (Å²) in [5.74, 6) is 0. The molecule has 0 amide bonds. The van der Waals surface area contributed by atoms with E-state index in [0.29, 0.717) is 5.41 Å².